The van der Waals surface area contributed by atoms with Crippen LogP contribution in [0.15, 0.2) is 54.6 Å². The summed E-state index contributed by atoms with van der Waals surface area (Å²) in [6, 6.07) is 14.5. The third-order valence-corrected chi connectivity index (χ3v) is 4.83. The van der Waals surface area contributed by atoms with Crippen LogP contribution in [-0.2, 0) is 9.59 Å². The van der Waals surface area contributed by atoms with E-state index in [4.69, 9.17) is 16.3 Å². The van der Waals surface area contributed by atoms with Crippen LogP contribution in [0, 0.1) is 0 Å². The minimum atomic E-state index is -0.572. The van der Waals surface area contributed by atoms with E-state index in [9.17, 15) is 9.59 Å². The predicted octanol–water partition coefficient (Wildman–Crippen LogP) is 3.99. The van der Waals surface area contributed by atoms with Crippen LogP contribution in [0.4, 0.5) is 0 Å². The number of hydrogen-bond donors (Lipinski definition) is 1. The van der Waals surface area contributed by atoms with Gasteiger partial charge in [0, 0.05) is 17.9 Å². The number of allylic oxidation sites excluding steroid dienone is 1. The first kappa shape index (κ1) is 18.2. The lowest BCUT2D eigenvalue weighted by Crippen LogP contribution is -2.45. The molecule has 0 bridgehead atoms. The maximum atomic E-state index is 12.7. The Morgan fingerprint density at radius 2 is 1.77 bits per heavy atom. The molecule has 1 amide bonds. The summed E-state index contributed by atoms with van der Waals surface area (Å²) in [5, 5.41) is 3.46. The van der Waals surface area contributed by atoms with E-state index in [1.165, 1.54) is 6.92 Å². The van der Waals surface area contributed by atoms with Crippen molar-refractivity contribution in [1.82, 2.24) is 5.32 Å². The van der Waals surface area contributed by atoms with Crippen molar-refractivity contribution in [2.24, 2.45) is 0 Å². The van der Waals surface area contributed by atoms with Crippen molar-refractivity contribution in [3.63, 3.8) is 0 Å². The summed E-state index contributed by atoms with van der Waals surface area (Å²) in [7, 11) is 1.61. The van der Waals surface area contributed by atoms with Crippen LogP contribution >= 0.6 is 11.6 Å². The largest absolute Gasteiger partial charge is 0.497 e. The molecule has 2 aromatic carbocycles. The van der Waals surface area contributed by atoms with E-state index in [1.54, 1.807) is 13.2 Å². The molecule has 1 N–H and O–H groups in total. The van der Waals surface area contributed by atoms with E-state index in [2.05, 4.69) is 5.32 Å². The lowest BCUT2D eigenvalue weighted by atomic mass is 9.77. The minimum Gasteiger partial charge on any atom is -0.497 e. The average molecular weight is 370 g/mol. The predicted molar refractivity (Wildman–Crippen MR) is 102 cm³/mol. The van der Waals surface area contributed by atoms with Gasteiger partial charge in [-0.15, -0.1) is 0 Å². The first-order chi connectivity index (χ1) is 12.5. The Bertz CT molecular complexity index is 841. The molecule has 0 aromatic heterocycles. The Hall–Kier alpha value is -2.59. The molecule has 3 rings (SSSR count). The highest BCUT2D eigenvalue weighted by molar-refractivity contribution is 6.30. The fraction of sp³-hybridized carbons (Fsp3) is 0.238. The van der Waals surface area contributed by atoms with Crippen molar-refractivity contribution in [2.45, 2.75) is 25.3 Å². The second-order valence-corrected chi connectivity index (χ2v) is 6.78. The van der Waals surface area contributed by atoms with Crippen molar-refractivity contribution < 1.29 is 14.3 Å². The van der Waals surface area contributed by atoms with Gasteiger partial charge in [-0.25, -0.2) is 0 Å². The number of methoxy groups -OCH3 is 1. The van der Waals surface area contributed by atoms with Crippen molar-refractivity contribution in [2.75, 3.05) is 7.11 Å². The fourth-order valence-corrected chi connectivity index (χ4v) is 3.42. The lowest BCUT2D eigenvalue weighted by molar-refractivity contribution is -0.125. The normalized spacial score (nSPS) is 19.7. The number of amides is 1. The van der Waals surface area contributed by atoms with Crippen LogP contribution in [-0.4, -0.2) is 24.8 Å². The number of carbonyl (C=O) groups is 2. The number of nitrogens with one attached hydrogen (secondary N) is 1. The standard InChI is InChI=1S/C21H20ClNO3/c1-13(24)23-21-19(15-5-9-18(26-2)10-6-15)11-16(12-20(21)25)14-3-7-17(22)8-4-14/h3-10,12,19,21H,11H2,1-2H3,(H,23,24). The highest BCUT2D eigenvalue weighted by Crippen LogP contribution is 2.37. The van der Waals surface area contributed by atoms with E-state index in [0.717, 1.165) is 22.4 Å². The van der Waals surface area contributed by atoms with Crippen LogP contribution in [0.25, 0.3) is 5.57 Å². The van der Waals surface area contributed by atoms with Crippen LogP contribution in [0.2, 0.25) is 5.02 Å². The summed E-state index contributed by atoms with van der Waals surface area (Å²) in [6.45, 7) is 1.43. The van der Waals surface area contributed by atoms with Crippen molar-refractivity contribution in [3.05, 3.63) is 70.8 Å². The quantitative estimate of drug-likeness (QED) is 0.886. The molecule has 0 heterocycles. The zero-order valence-corrected chi connectivity index (χ0v) is 15.4. The summed E-state index contributed by atoms with van der Waals surface area (Å²) in [4.78, 5) is 24.4. The van der Waals surface area contributed by atoms with Gasteiger partial charge in [-0.3, -0.25) is 9.59 Å². The average Bonchev–Trinajstić information content (AvgIpc) is 2.63. The minimum absolute atomic E-state index is 0.0998. The molecule has 1 aliphatic rings. The molecule has 2 atom stereocenters. The molecular formula is C21H20ClNO3. The van der Waals surface area contributed by atoms with Gasteiger partial charge in [0.25, 0.3) is 0 Å². The summed E-state index contributed by atoms with van der Waals surface area (Å²) in [5.74, 6) is 0.288. The van der Waals surface area contributed by atoms with Gasteiger partial charge in [0.1, 0.15) is 5.75 Å². The Balaban J connectivity index is 1.97. The van der Waals surface area contributed by atoms with Crippen LogP contribution < -0.4 is 10.1 Å². The van der Waals surface area contributed by atoms with Gasteiger partial charge in [0.15, 0.2) is 5.78 Å². The lowest BCUT2D eigenvalue weighted by Gasteiger charge is -2.31. The molecule has 2 aromatic rings. The number of ether oxygens (including phenoxy) is 1. The van der Waals surface area contributed by atoms with Gasteiger partial charge in [0.2, 0.25) is 5.91 Å². The van der Waals surface area contributed by atoms with Crippen molar-refractivity contribution >= 4 is 28.9 Å². The molecule has 1 aliphatic carbocycles. The first-order valence-corrected chi connectivity index (χ1v) is 8.77. The summed E-state index contributed by atoms with van der Waals surface area (Å²) >= 11 is 5.97. The number of benzene rings is 2. The summed E-state index contributed by atoms with van der Waals surface area (Å²) in [6.07, 6.45) is 2.27. The highest BCUT2D eigenvalue weighted by atomic mass is 35.5. The Morgan fingerprint density at radius 3 is 2.35 bits per heavy atom. The molecule has 0 radical (unpaired) electrons. The van der Waals surface area contributed by atoms with E-state index >= 15 is 0 Å². The molecule has 0 aliphatic heterocycles. The second kappa shape index (κ2) is 7.75. The molecule has 26 heavy (non-hydrogen) atoms. The molecule has 2 unspecified atom stereocenters. The van der Waals surface area contributed by atoms with E-state index in [-0.39, 0.29) is 17.6 Å². The van der Waals surface area contributed by atoms with E-state index < -0.39 is 6.04 Å². The van der Waals surface area contributed by atoms with Crippen molar-refractivity contribution in [1.29, 1.82) is 0 Å². The third kappa shape index (κ3) is 3.97. The van der Waals surface area contributed by atoms with Gasteiger partial charge in [0.05, 0.1) is 13.2 Å². The van der Waals surface area contributed by atoms with Gasteiger partial charge in [-0.2, -0.15) is 0 Å². The SMILES string of the molecule is COc1ccc(C2CC(c3ccc(Cl)cc3)=CC(=O)C2NC(C)=O)cc1. The molecule has 0 fully saturated rings. The molecule has 0 spiro atoms. The summed E-state index contributed by atoms with van der Waals surface area (Å²) < 4.78 is 5.21. The molecule has 4 nitrogen and oxygen atoms in total. The summed E-state index contributed by atoms with van der Waals surface area (Å²) in [5.41, 5.74) is 2.88. The maximum Gasteiger partial charge on any atom is 0.217 e. The van der Waals surface area contributed by atoms with Gasteiger partial charge in [-0.1, -0.05) is 35.9 Å². The topological polar surface area (TPSA) is 55.4 Å². The fourth-order valence-electron chi connectivity index (χ4n) is 3.29. The van der Waals surface area contributed by atoms with Crippen LogP contribution in [0.1, 0.15) is 30.4 Å². The molecule has 0 saturated carbocycles. The van der Waals surface area contributed by atoms with Gasteiger partial charge >= 0.3 is 0 Å². The molecule has 134 valence electrons. The zero-order chi connectivity index (χ0) is 18.7. The smallest absolute Gasteiger partial charge is 0.217 e. The number of ketones is 1. The number of hydrogen-bond acceptors (Lipinski definition) is 3. The monoisotopic (exact) mass is 369 g/mol. The number of carbonyl (C=O) groups excluding carboxylic acids is 2. The van der Waals surface area contributed by atoms with Crippen LogP contribution in [0.3, 0.4) is 0 Å². The Morgan fingerprint density at radius 1 is 1.12 bits per heavy atom. The van der Waals surface area contributed by atoms with Gasteiger partial charge in [-0.05, 0) is 53.5 Å². The van der Waals surface area contributed by atoms with E-state index in [0.29, 0.717) is 11.4 Å². The Kier molecular flexibility index (Phi) is 5.43. The van der Waals surface area contributed by atoms with Crippen molar-refractivity contribution in [3.8, 4) is 5.75 Å². The first-order valence-electron chi connectivity index (χ1n) is 8.39. The Labute approximate surface area is 157 Å². The highest BCUT2D eigenvalue weighted by Gasteiger charge is 2.34. The third-order valence-electron chi connectivity index (χ3n) is 4.58. The zero-order valence-electron chi connectivity index (χ0n) is 14.7. The molecule has 0 saturated heterocycles. The molecule has 5 heteroatoms. The van der Waals surface area contributed by atoms with E-state index in [1.807, 2.05) is 48.5 Å². The van der Waals surface area contributed by atoms with Crippen LogP contribution in [0.5, 0.6) is 5.75 Å². The molecular weight excluding hydrogens is 350 g/mol. The maximum absolute atomic E-state index is 12.7. The number of halogens is 1. The number of rotatable bonds is 4. The second-order valence-electron chi connectivity index (χ2n) is 6.34. The van der Waals surface area contributed by atoms with Gasteiger partial charge < -0.3 is 10.1 Å².